The summed E-state index contributed by atoms with van der Waals surface area (Å²) in [5.41, 5.74) is -0.678. The van der Waals surface area contributed by atoms with E-state index in [1.807, 2.05) is 0 Å². The molecule has 1 amide bonds. The van der Waals surface area contributed by atoms with E-state index in [0.717, 1.165) is 12.1 Å². The summed E-state index contributed by atoms with van der Waals surface area (Å²) in [6, 6.07) is -1.19. The molecule has 0 aliphatic heterocycles. The summed E-state index contributed by atoms with van der Waals surface area (Å²) in [6.07, 6.45) is -5.78. The fraction of sp³-hybridized carbons (Fsp3) is 0.417. The number of amides is 1. The summed E-state index contributed by atoms with van der Waals surface area (Å²) < 4.78 is 101. The van der Waals surface area contributed by atoms with Gasteiger partial charge in [0.25, 0.3) is 15.7 Å². The minimum atomic E-state index is -6.03. The number of rotatable bonds is 4. The quantitative estimate of drug-likeness (QED) is 0.267. The molecule has 0 aliphatic carbocycles. The van der Waals surface area contributed by atoms with E-state index in [9.17, 15) is 34.8 Å². The van der Waals surface area contributed by atoms with Gasteiger partial charge < -0.3 is 5.73 Å². The molecule has 0 aliphatic rings. The fourth-order valence-corrected chi connectivity index (χ4v) is 2.70. The number of nitrogens with two attached hydrogens (primary N) is 2. The lowest BCUT2D eigenvalue weighted by atomic mass is 10.1. The number of hydrogen-bond donors (Lipinski definition) is 2. The van der Waals surface area contributed by atoms with Gasteiger partial charge in [0.15, 0.2) is 0 Å². The van der Waals surface area contributed by atoms with Gasteiger partial charge in [-0.1, -0.05) is 16.5 Å². The second kappa shape index (κ2) is 7.58. The monoisotopic (exact) mass is 395 g/mol. The number of carbonyl (C=O) groups excluding carboxylic acids is 1. The highest BCUT2D eigenvalue weighted by Gasteiger charge is 2.72. The van der Waals surface area contributed by atoms with Crippen LogP contribution in [0, 0.1) is 6.92 Å². The summed E-state index contributed by atoms with van der Waals surface area (Å²) in [6.45, 7) is 0.936. The predicted molar refractivity (Wildman–Crippen MR) is 75.2 cm³/mol. The first-order chi connectivity index (χ1) is 11.1. The molecule has 25 heavy (non-hydrogen) atoms. The number of hydrazine groups is 1. The van der Waals surface area contributed by atoms with Crippen LogP contribution in [-0.4, -0.2) is 37.1 Å². The lowest BCUT2D eigenvalue weighted by Crippen LogP contribution is -2.65. The van der Waals surface area contributed by atoms with Crippen LogP contribution in [0.5, 0.6) is 0 Å². The van der Waals surface area contributed by atoms with Crippen molar-refractivity contribution in [2.75, 3.05) is 0 Å². The third kappa shape index (κ3) is 4.61. The van der Waals surface area contributed by atoms with Gasteiger partial charge in [-0.05, 0) is 31.5 Å². The maximum atomic E-state index is 13.7. The number of carbonyl (C=O) groups is 1. The summed E-state index contributed by atoms with van der Waals surface area (Å²) >= 11 is 0. The lowest BCUT2D eigenvalue weighted by Gasteiger charge is -2.36. The minimum Gasteiger partial charge on any atom is -0.372 e. The first-order valence-corrected chi connectivity index (χ1v) is 7.67. The summed E-state index contributed by atoms with van der Waals surface area (Å²) in [4.78, 5) is 7.80. The topological polar surface area (TPSA) is 106 Å². The second-order valence-corrected chi connectivity index (χ2v) is 6.61. The molecular formula is C12H15F6N3O3S. The molecule has 6 nitrogen and oxygen atoms in total. The van der Waals surface area contributed by atoms with Crippen molar-refractivity contribution in [2.45, 2.75) is 36.6 Å². The van der Waals surface area contributed by atoms with Gasteiger partial charge in [0.2, 0.25) is 6.41 Å². The lowest BCUT2D eigenvalue weighted by molar-refractivity contribution is -0.322. The van der Waals surface area contributed by atoms with Gasteiger partial charge in [-0.3, -0.25) is 4.79 Å². The number of aryl methyl sites for hydroxylation is 1. The summed E-state index contributed by atoms with van der Waals surface area (Å²) in [5, 5.41) is 0. The van der Waals surface area contributed by atoms with Crippen LogP contribution in [0.1, 0.15) is 12.5 Å². The van der Waals surface area contributed by atoms with Crippen molar-refractivity contribution in [2.24, 2.45) is 11.6 Å². The Morgan fingerprint density at radius 1 is 1.12 bits per heavy atom. The van der Waals surface area contributed by atoms with Crippen molar-refractivity contribution >= 4 is 16.4 Å². The minimum absolute atomic E-state index is 0.250. The maximum Gasteiger partial charge on any atom is 0.429 e. The van der Waals surface area contributed by atoms with E-state index in [-0.39, 0.29) is 6.41 Å². The molecule has 144 valence electrons. The number of primary amides is 1. The van der Waals surface area contributed by atoms with Crippen molar-refractivity contribution in [3.8, 4) is 0 Å². The Kier molecular flexibility index (Phi) is 7.01. The molecule has 0 radical (unpaired) electrons. The van der Waals surface area contributed by atoms with Gasteiger partial charge in [-0.15, -0.1) is 0 Å². The standard InChI is InChI=1S/C11H12F6N2O2S.CH3NO/c1-7-4-3-5-8(6-7)22(20,21)19(18)11(16,17)9(2,12)10(13,14)15;2-1-3/h3-6H,18H2,1-2H3;1H,(H2,2,3). The summed E-state index contributed by atoms with van der Waals surface area (Å²) in [5.74, 6) is 4.65. The zero-order chi connectivity index (χ0) is 20.3. The van der Waals surface area contributed by atoms with Crippen LogP contribution < -0.4 is 11.6 Å². The first-order valence-electron chi connectivity index (χ1n) is 6.23. The molecule has 0 saturated heterocycles. The SMILES string of the molecule is Cc1cccc(S(=O)(=O)N(N)C(F)(F)C(C)(F)C(F)(F)F)c1.NC=O. The molecule has 4 N–H and O–H groups in total. The van der Waals surface area contributed by atoms with E-state index >= 15 is 0 Å². The van der Waals surface area contributed by atoms with E-state index in [0.29, 0.717) is 5.56 Å². The third-order valence-corrected chi connectivity index (χ3v) is 4.52. The van der Waals surface area contributed by atoms with Crippen LogP contribution in [0.4, 0.5) is 26.3 Å². The highest BCUT2D eigenvalue weighted by molar-refractivity contribution is 7.89. The zero-order valence-corrected chi connectivity index (χ0v) is 13.7. The molecule has 13 heteroatoms. The van der Waals surface area contributed by atoms with Gasteiger partial charge in [0.1, 0.15) is 0 Å². The number of hydrogen-bond acceptors (Lipinski definition) is 4. The Morgan fingerprint density at radius 3 is 1.92 bits per heavy atom. The van der Waals surface area contributed by atoms with Crippen molar-refractivity contribution in [3.63, 3.8) is 0 Å². The Balaban J connectivity index is 0.00000178. The molecule has 0 aromatic heterocycles. The average molecular weight is 395 g/mol. The third-order valence-electron chi connectivity index (χ3n) is 2.92. The molecule has 1 aromatic carbocycles. The second-order valence-electron chi connectivity index (χ2n) is 4.80. The molecule has 0 fully saturated rings. The Bertz CT molecular complexity index is 706. The van der Waals surface area contributed by atoms with Crippen LogP contribution in [0.2, 0.25) is 0 Å². The molecule has 1 rings (SSSR count). The van der Waals surface area contributed by atoms with Gasteiger partial charge in [0.05, 0.1) is 4.90 Å². The molecule has 1 atom stereocenters. The Labute approximate surface area is 139 Å². The molecule has 0 heterocycles. The zero-order valence-electron chi connectivity index (χ0n) is 12.9. The highest BCUT2D eigenvalue weighted by Crippen LogP contribution is 2.46. The van der Waals surface area contributed by atoms with Crippen LogP contribution >= 0.6 is 0 Å². The number of benzene rings is 1. The molecule has 1 aromatic rings. The smallest absolute Gasteiger partial charge is 0.372 e. The van der Waals surface area contributed by atoms with Gasteiger partial charge in [-0.2, -0.15) is 22.0 Å². The highest BCUT2D eigenvalue weighted by atomic mass is 32.2. The number of alkyl halides is 6. The molecule has 0 bridgehead atoms. The largest absolute Gasteiger partial charge is 0.429 e. The van der Waals surface area contributed by atoms with E-state index < -0.39 is 44.1 Å². The van der Waals surface area contributed by atoms with Crippen LogP contribution in [0.3, 0.4) is 0 Å². The molecule has 0 saturated carbocycles. The number of sulfonamides is 1. The Morgan fingerprint density at radius 2 is 1.56 bits per heavy atom. The van der Waals surface area contributed by atoms with E-state index in [1.165, 1.54) is 19.1 Å². The van der Waals surface area contributed by atoms with Crippen molar-refractivity contribution in [1.82, 2.24) is 4.41 Å². The van der Waals surface area contributed by atoms with Gasteiger partial charge in [0, 0.05) is 0 Å². The predicted octanol–water partition coefficient (Wildman–Crippen LogP) is 1.84. The molecule has 1 unspecified atom stereocenters. The maximum absolute atomic E-state index is 13.7. The van der Waals surface area contributed by atoms with Crippen molar-refractivity contribution in [1.29, 1.82) is 0 Å². The number of halogens is 6. The van der Waals surface area contributed by atoms with Crippen LogP contribution in [-0.2, 0) is 14.8 Å². The molecule has 0 spiro atoms. The van der Waals surface area contributed by atoms with Crippen molar-refractivity contribution in [3.05, 3.63) is 29.8 Å². The van der Waals surface area contributed by atoms with Crippen LogP contribution in [0.25, 0.3) is 0 Å². The van der Waals surface area contributed by atoms with Crippen molar-refractivity contribution < 1.29 is 39.6 Å². The normalized spacial score (nSPS) is 15.1. The van der Waals surface area contributed by atoms with Gasteiger partial charge in [-0.25, -0.2) is 18.7 Å². The van der Waals surface area contributed by atoms with Gasteiger partial charge >= 0.3 is 12.2 Å². The van der Waals surface area contributed by atoms with Crippen LogP contribution in [0.15, 0.2) is 29.2 Å². The number of nitrogens with zero attached hydrogens (tertiary/aromatic N) is 1. The van der Waals surface area contributed by atoms with E-state index in [1.54, 1.807) is 0 Å². The van der Waals surface area contributed by atoms with E-state index in [2.05, 4.69) is 11.6 Å². The summed E-state index contributed by atoms with van der Waals surface area (Å²) in [7, 11) is -5.24. The average Bonchev–Trinajstić information content (AvgIpc) is 2.45. The fourth-order valence-electron chi connectivity index (χ4n) is 1.42. The first kappa shape index (κ1) is 23.1. The Hall–Kier alpha value is -1.86. The molecular weight excluding hydrogens is 380 g/mol. The van der Waals surface area contributed by atoms with E-state index in [4.69, 9.17) is 4.79 Å².